The van der Waals surface area contributed by atoms with Crippen LogP contribution >= 0.6 is 0 Å². The van der Waals surface area contributed by atoms with Crippen molar-refractivity contribution in [2.24, 2.45) is 0 Å². The summed E-state index contributed by atoms with van der Waals surface area (Å²) in [5.41, 5.74) is -1.14. The second kappa shape index (κ2) is 7.88. The van der Waals surface area contributed by atoms with Crippen LogP contribution in [0.4, 0.5) is 8.78 Å². The average Bonchev–Trinajstić information content (AvgIpc) is 2.72. The Bertz CT molecular complexity index is 1130. The summed E-state index contributed by atoms with van der Waals surface area (Å²) >= 11 is 0. The van der Waals surface area contributed by atoms with E-state index in [0.29, 0.717) is 13.1 Å². The number of fused-ring (bicyclic) bond motifs is 2. The molecule has 0 aliphatic carbocycles. The monoisotopic (exact) mass is 431 g/mol. The summed E-state index contributed by atoms with van der Waals surface area (Å²) in [4.78, 5) is 42.0. The van der Waals surface area contributed by atoms with Crippen LogP contribution in [0.1, 0.15) is 46.2 Å². The lowest BCUT2D eigenvalue weighted by Gasteiger charge is -2.48. The number of halogens is 2. The molecule has 2 aliphatic rings. The smallest absolute Gasteiger partial charge is 0.275 e. The molecule has 1 saturated heterocycles. The number of aryl methyl sites for hydroxylation is 1. The predicted octanol–water partition coefficient (Wildman–Crippen LogP) is 2.15. The van der Waals surface area contributed by atoms with Crippen LogP contribution in [-0.4, -0.2) is 57.0 Å². The maximum Gasteiger partial charge on any atom is 0.275 e. The van der Waals surface area contributed by atoms with Gasteiger partial charge in [-0.25, -0.2) is 8.78 Å². The molecule has 0 saturated carbocycles. The van der Waals surface area contributed by atoms with Gasteiger partial charge in [0, 0.05) is 31.3 Å². The summed E-state index contributed by atoms with van der Waals surface area (Å²) in [7, 11) is 1.91. The van der Waals surface area contributed by atoms with Crippen LogP contribution < -0.4 is 5.43 Å². The maximum absolute atomic E-state index is 13.8. The van der Waals surface area contributed by atoms with Gasteiger partial charge >= 0.3 is 0 Å². The fraction of sp³-hybridized carbons (Fsp3) is 0.409. The Morgan fingerprint density at radius 2 is 2.00 bits per heavy atom. The standard InChI is InChI=1S/C22H23F2N3O4/c1-12-7-8-27-18(25(12)2)11-26-10-15(20(29)21(30)19(26)22(27)31)17(28)6-4-13-3-5-14(23)9-16(13)24/h3,5,9-10,12,18,30H,4,6-8,11H2,1-2H3/t12-,18?/m0/s1. The third-order valence-electron chi connectivity index (χ3n) is 6.33. The number of benzene rings is 1. The zero-order chi connectivity index (χ0) is 22.4. The first kappa shape index (κ1) is 21.2. The van der Waals surface area contributed by atoms with Crippen molar-refractivity contribution < 1.29 is 23.5 Å². The Hall–Kier alpha value is -3.07. The van der Waals surface area contributed by atoms with Gasteiger partial charge in [-0.15, -0.1) is 0 Å². The van der Waals surface area contributed by atoms with Crippen LogP contribution in [-0.2, 0) is 13.0 Å². The Balaban J connectivity index is 1.63. The molecule has 1 N–H and O–H groups in total. The Morgan fingerprint density at radius 3 is 2.71 bits per heavy atom. The fourth-order valence-electron chi connectivity index (χ4n) is 4.29. The van der Waals surface area contributed by atoms with Crippen LogP contribution in [0.15, 0.2) is 29.2 Å². The zero-order valence-electron chi connectivity index (χ0n) is 17.3. The van der Waals surface area contributed by atoms with E-state index in [0.717, 1.165) is 18.6 Å². The largest absolute Gasteiger partial charge is 0.503 e. The highest BCUT2D eigenvalue weighted by Crippen LogP contribution is 2.29. The summed E-state index contributed by atoms with van der Waals surface area (Å²) in [5, 5.41) is 10.5. The first-order valence-electron chi connectivity index (χ1n) is 10.2. The van der Waals surface area contributed by atoms with E-state index in [2.05, 4.69) is 11.8 Å². The summed E-state index contributed by atoms with van der Waals surface area (Å²) in [6.07, 6.45) is 1.62. The van der Waals surface area contributed by atoms with Gasteiger partial charge in [0.25, 0.3) is 5.91 Å². The minimum atomic E-state index is -0.915. The van der Waals surface area contributed by atoms with Crippen molar-refractivity contribution in [2.75, 3.05) is 13.6 Å². The van der Waals surface area contributed by atoms with Crippen LogP contribution in [0, 0.1) is 11.6 Å². The number of Topliss-reactive ketones (excluding diaryl/α,β-unsaturated/α-hetero) is 1. The van der Waals surface area contributed by atoms with E-state index in [4.69, 9.17) is 0 Å². The SMILES string of the molecule is C[C@H]1CCN2C(=O)c3c(O)c(=O)c(C(=O)CCc4ccc(F)cc4F)cn3CC2N1C. The van der Waals surface area contributed by atoms with Gasteiger partial charge in [-0.3, -0.25) is 19.3 Å². The van der Waals surface area contributed by atoms with Crippen molar-refractivity contribution in [3.63, 3.8) is 0 Å². The number of amides is 1. The van der Waals surface area contributed by atoms with Crippen molar-refractivity contribution in [2.45, 2.75) is 44.9 Å². The molecule has 4 rings (SSSR count). The second-order valence-corrected chi connectivity index (χ2v) is 8.16. The number of aromatic nitrogens is 1. The molecule has 31 heavy (non-hydrogen) atoms. The summed E-state index contributed by atoms with van der Waals surface area (Å²) in [6, 6.07) is 3.35. The van der Waals surface area contributed by atoms with Gasteiger partial charge < -0.3 is 14.6 Å². The summed E-state index contributed by atoms with van der Waals surface area (Å²) < 4.78 is 28.4. The normalized spacial score (nSPS) is 21.0. The number of hydrogen-bond acceptors (Lipinski definition) is 5. The van der Waals surface area contributed by atoms with Gasteiger partial charge in [0.1, 0.15) is 17.8 Å². The molecule has 1 amide bonds. The third-order valence-corrected chi connectivity index (χ3v) is 6.33. The van der Waals surface area contributed by atoms with E-state index in [1.165, 1.54) is 16.8 Å². The molecule has 0 bridgehead atoms. The highest BCUT2D eigenvalue weighted by atomic mass is 19.1. The van der Waals surface area contributed by atoms with Crippen molar-refractivity contribution in [1.29, 1.82) is 0 Å². The number of rotatable bonds is 4. The fourth-order valence-corrected chi connectivity index (χ4v) is 4.29. The summed E-state index contributed by atoms with van der Waals surface area (Å²) in [6.45, 7) is 2.89. The van der Waals surface area contributed by atoms with E-state index in [9.17, 15) is 28.3 Å². The third kappa shape index (κ3) is 3.63. The molecule has 0 radical (unpaired) electrons. The van der Waals surface area contributed by atoms with Crippen LogP contribution in [0.3, 0.4) is 0 Å². The molecular formula is C22H23F2N3O4. The molecule has 7 nitrogen and oxygen atoms in total. The van der Waals surface area contributed by atoms with Crippen LogP contribution in [0.5, 0.6) is 5.75 Å². The molecule has 164 valence electrons. The van der Waals surface area contributed by atoms with E-state index < -0.39 is 34.5 Å². The lowest BCUT2D eigenvalue weighted by molar-refractivity contribution is -0.0196. The van der Waals surface area contributed by atoms with E-state index in [1.54, 1.807) is 4.90 Å². The lowest BCUT2D eigenvalue weighted by Crippen LogP contribution is -2.62. The number of carbonyl (C=O) groups is 2. The molecule has 2 atom stereocenters. The van der Waals surface area contributed by atoms with Crippen molar-refractivity contribution >= 4 is 11.7 Å². The van der Waals surface area contributed by atoms with Gasteiger partial charge in [-0.2, -0.15) is 0 Å². The first-order chi connectivity index (χ1) is 14.7. The van der Waals surface area contributed by atoms with E-state index in [1.807, 2.05) is 7.05 Å². The molecule has 9 heteroatoms. The van der Waals surface area contributed by atoms with Crippen molar-refractivity contribution in [3.8, 4) is 5.75 Å². The maximum atomic E-state index is 13.8. The molecule has 3 heterocycles. The second-order valence-electron chi connectivity index (χ2n) is 8.16. The minimum absolute atomic E-state index is 0.0253. The van der Waals surface area contributed by atoms with Gasteiger partial charge in [0.15, 0.2) is 17.2 Å². The number of ketones is 1. The van der Waals surface area contributed by atoms with Gasteiger partial charge in [-0.1, -0.05) is 6.07 Å². The van der Waals surface area contributed by atoms with Crippen LogP contribution in [0.25, 0.3) is 0 Å². The molecule has 2 aliphatic heterocycles. The van der Waals surface area contributed by atoms with E-state index in [-0.39, 0.29) is 41.9 Å². The average molecular weight is 431 g/mol. The number of carbonyl (C=O) groups excluding carboxylic acids is 2. The molecule has 2 aromatic rings. The van der Waals surface area contributed by atoms with E-state index >= 15 is 0 Å². The predicted molar refractivity (Wildman–Crippen MR) is 108 cm³/mol. The van der Waals surface area contributed by atoms with Gasteiger partial charge in [0.2, 0.25) is 5.43 Å². The number of nitrogens with zero attached hydrogens (tertiary/aromatic N) is 3. The molecule has 1 unspecified atom stereocenters. The minimum Gasteiger partial charge on any atom is -0.503 e. The highest BCUT2D eigenvalue weighted by Gasteiger charge is 2.41. The number of pyridine rings is 1. The number of hydrogen-bond donors (Lipinski definition) is 1. The number of aromatic hydroxyl groups is 1. The molecule has 1 aromatic heterocycles. The van der Waals surface area contributed by atoms with Crippen molar-refractivity contribution in [1.82, 2.24) is 14.4 Å². The Labute approximate surface area is 177 Å². The van der Waals surface area contributed by atoms with Crippen molar-refractivity contribution in [3.05, 3.63) is 63.1 Å². The number of likely N-dealkylation sites (N-methyl/N-ethyl adjacent to an activating group) is 1. The lowest BCUT2D eigenvalue weighted by atomic mass is 10.0. The van der Waals surface area contributed by atoms with Gasteiger partial charge in [-0.05, 0) is 38.4 Å². The summed E-state index contributed by atoms with van der Waals surface area (Å²) in [5.74, 6) is -3.26. The topological polar surface area (TPSA) is 82.9 Å². The first-order valence-corrected chi connectivity index (χ1v) is 10.2. The zero-order valence-corrected chi connectivity index (χ0v) is 17.3. The molecular weight excluding hydrogens is 408 g/mol. The quantitative estimate of drug-likeness (QED) is 0.751. The highest BCUT2D eigenvalue weighted by molar-refractivity contribution is 6.00. The molecule has 1 fully saturated rings. The Morgan fingerprint density at radius 1 is 1.26 bits per heavy atom. The molecule has 0 spiro atoms. The molecule has 1 aromatic carbocycles. The van der Waals surface area contributed by atoms with Crippen LogP contribution in [0.2, 0.25) is 0 Å². The van der Waals surface area contributed by atoms with Gasteiger partial charge in [0.05, 0.1) is 12.1 Å². The Kier molecular flexibility index (Phi) is 5.38.